The van der Waals surface area contributed by atoms with Crippen LogP contribution in [0.25, 0.3) is 0 Å². The Hall–Kier alpha value is -0.0800. The molecule has 0 unspecified atom stereocenters. The maximum Gasteiger partial charge on any atom is 0.0107 e. The zero-order chi connectivity index (χ0) is 9.15. The van der Waals surface area contributed by atoms with Crippen LogP contribution >= 0.6 is 0 Å². The molecule has 2 fully saturated rings. The molecule has 1 heterocycles. The van der Waals surface area contributed by atoms with E-state index in [2.05, 4.69) is 10.2 Å². The quantitative estimate of drug-likeness (QED) is 0.711. The van der Waals surface area contributed by atoms with Gasteiger partial charge >= 0.3 is 0 Å². The zero-order valence-corrected chi connectivity index (χ0v) is 8.81. The average Bonchev–Trinajstić information content (AvgIpc) is 2.13. The van der Waals surface area contributed by atoms with E-state index in [4.69, 9.17) is 0 Å². The van der Waals surface area contributed by atoms with Gasteiger partial charge in [-0.3, -0.25) is 0 Å². The van der Waals surface area contributed by atoms with Crippen molar-refractivity contribution in [3.8, 4) is 0 Å². The lowest BCUT2D eigenvalue weighted by molar-refractivity contribution is -0.0264. The summed E-state index contributed by atoms with van der Waals surface area (Å²) in [7, 11) is 2.04. The molecule has 2 nitrogen and oxygen atoms in total. The summed E-state index contributed by atoms with van der Waals surface area (Å²) >= 11 is 0. The highest BCUT2D eigenvalue weighted by molar-refractivity contribution is 4.96. The summed E-state index contributed by atoms with van der Waals surface area (Å²) < 4.78 is 0. The van der Waals surface area contributed by atoms with Crippen molar-refractivity contribution < 1.29 is 0 Å². The number of hydrogen-bond acceptors (Lipinski definition) is 2. The molecule has 1 spiro atoms. The molecule has 76 valence electrons. The van der Waals surface area contributed by atoms with Gasteiger partial charge in [0.15, 0.2) is 0 Å². The molecule has 0 radical (unpaired) electrons. The second kappa shape index (κ2) is 3.97. The van der Waals surface area contributed by atoms with Crippen LogP contribution < -0.4 is 5.32 Å². The van der Waals surface area contributed by atoms with Crippen molar-refractivity contribution in [2.45, 2.75) is 32.1 Å². The summed E-state index contributed by atoms with van der Waals surface area (Å²) in [6.45, 7) is 5.16. The van der Waals surface area contributed by atoms with E-state index >= 15 is 0 Å². The second-order valence-electron chi connectivity index (χ2n) is 4.87. The maximum absolute atomic E-state index is 3.22. The first kappa shape index (κ1) is 9.47. The molecule has 1 saturated heterocycles. The molecule has 1 aliphatic heterocycles. The second-order valence-corrected chi connectivity index (χ2v) is 4.87. The monoisotopic (exact) mass is 182 g/mol. The normalized spacial score (nSPS) is 27.5. The van der Waals surface area contributed by atoms with Gasteiger partial charge in [-0.15, -0.1) is 0 Å². The largest absolute Gasteiger partial charge is 0.318 e. The van der Waals surface area contributed by atoms with E-state index in [9.17, 15) is 0 Å². The van der Waals surface area contributed by atoms with Gasteiger partial charge in [0.1, 0.15) is 0 Å². The number of likely N-dealkylation sites (N-methyl/N-ethyl adjacent to an activating group) is 1. The van der Waals surface area contributed by atoms with Gasteiger partial charge in [0.25, 0.3) is 0 Å². The molecular formula is C11H22N2. The van der Waals surface area contributed by atoms with Crippen molar-refractivity contribution in [1.82, 2.24) is 10.2 Å². The predicted octanol–water partition coefficient (Wildman–Crippen LogP) is 1.47. The van der Waals surface area contributed by atoms with Gasteiger partial charge in [-0.2, -0.15) is 0 Å². The number of hydrogen-bond donors (Lipinski definition) is 1. The number of nitrogens with zero attached hydrogens (tertiary/aromatic N) is 1. The molecule has 0 aromatic heterocycles. The highest BCUT2D eigenvalue weighted by atomic mass is 15.2. The van der Waals surface area contributed by atoms with Gasteiger partial charge in [-0.05, 0) is 25.3 Å². The Kier molecular flexibility index (Phi) is 2.89. The Balaban J connectivity index is 1.69. The van der Waals surface area contributed by atoms with Crippen molar-refractivity contribution in [1.29, 1.82) is 0 Å². The summed E-state index contributed by atoms with van der Waals surface area (Å²) in [5.74, 6) is 0. The van der Waals surface area contributed by atoms with Gasteiger partial charge in [0, 0.05) is 26.2 Å². The minimum atomic E-state index is 0.770. The standard InChI is InChI=1S/C11H22N2/c1-12-7-8-13-9-11(10-13)5-3-2-4-6-11/h12H,2-10H2,1H3. The van der Waals surface area contributed by atoms with Crippen LogP contribution in [0.2, 0.25) is 0 Å². The fourth-order valence-corrected chi connectivity index (χ4v) is 2.95. The molecule has 1 saturated carbocycles. The first-order valence-electron chi connectivity index (χ1n) is 5.72. The van der Waals surface area contributed by atoms with Crippen LogP contribution in [0.3, 0.4) is 0 Å². The van der Waals surface area contributed by atoms with Crippen LogP contribution in [0.15, 0.2) is 0 Å². The smallest absolute Gasteiger partial charge is 0.0107 e. The van der Waals surface area contributed by atoms with Gasteiger partial charge in [-0.1, -0.05) is 19.3 Å². The number of rotatable bonds is 3. The van der Waals surface area contributed by atoms with E-state index in [0.29, 0.717) is 0 Å². The number of likely N-dealkylation sites (tertiary alicyclic amines) is 1. The summed E-state index contributed by atoms with van der Waals surface area (Å²) in [5, 5.41) is 3.22. The van der Waals surface area contributed by atoms with Gasteiger partial charge < -0.3 is 10.2 Å². The van der Waals surface area contributed by atoms with Crippen LogP contribution in [0.1, 0.15) is 32.1 Å². The first-order valence-corrected chi connectivity index (χ1v) is 5.72. The Morgan fingerprint density at radius 2 is 1.85 bits per heavy atom. The van der Waals surface area contributed by atoms with Crippen LogP contribution in [0, 0.1) is 5.41 Å². The van der Waals surface area contributed by atoms with Crippen molar-refractivity contribution in [3.05, 3.63) is 0 Å². The minimum Gasteiger partial charge on any atom is -0.318 e. The molecule has 2 heteroatoms. The maximum atomic E-state index is 3.22. The summed E-state index contributed by atoms with van der Waals surface area (Å²) in [5.41, 5.74) is 0.770. The van der Waals surface area contributed by atoms with Crippen molar-refractivity contribution in [3.63, 3.8) is 0 Å². The van der Waals surface area contributed by atoms with Gasteiger partial charge in [-0.25, -0.2) is 0 Å². The molecule has 0 aromatic carbocycles. The van der Waals surface area contributed by atoms with Crippen molar-refractivity contribution >= 4 is 0 Å². The predicted molar refractivity (Wildman–Crippen MR) is 55.9 cm³/mol. The van der Waals surface area contributed by atoms with Crippen LogP contribution in [-0.2, 0) is 0 Å². The molecule has 1 aliphatic carbocycles. The van der Waals surface area contributed by atoms with E-state index in [-0.39, 0.29) is 0 Å². The Bertz CT molecular complexity index is 153. The molecule has 0 amide bonds. The minimum absolute atomic E-state index is 0.770. The fourth-order valence-electron chi connectivity index (χ4n) is 2.95. The van der Waals surface area contributed by atoms with Crippen LogP contribution in [0.4, 0.5) is 0 Å². The first-order chi connectivity index (χ1) is 6.35. The molecule has 0 atom stereocenters. The van der Waals surface area contributed by atoms with E-state index in [1.165, 1.54) is 51.7 Å². The summed E-state index contributed by atoms with van der Waals surface area (Å²) in [4.78, 5) is 2.60. The summed E-state index contributed by atoms with van der Waals surface area (Å²) in [6.07, 6.45) is 7.46. The lowest BCUT2D eigenvalue weighted by atomic mass is 9.69. The van der Waals surface area contributed by atoms with E-state index in [0.717, 1.165) is 12.0 Å². The molecule has 1 N–H and O–H groups in total. The fraction of sp³-hybridized carbons (Fsp3) is 1.00. The molecule has 0 bridgehead atoms. The van der Waals surface area contributed by atoms with E-state index < -0.39 is 0 Å². The highest BCUT2D eigenvalue weighted by Gasteiger charge is 2.42. The third-order valence-electron chi connectivity index (χ3n) is 3.71. The van der Waals surface area contributed by atoms with Gasteiger partial charge in [0.05, 0.1) is 0 Å². The lowest BCUT2D eigenvalue weighted by Crippen LogP contribution is -2.58. The van der Waals surface area contributed by atoms with Gasteiger partial charge in [0.2, 0.25) is 0 Å². The van der Waals surface area contributed by atoms with E-state index in [1.54, 1.807) is 0 Å². The molecule has 0 aromatic rings. The summed E-state index contributed by atoms with van der Waals surface area (Å²) in [6, 6.07) is 0. The third-order valence-corrected chi connectivity index (χ3v) is 3.71. The van der Waals surface area contributed by atoms with Crippen LogP contribution in [0.5, 0.6) is 0 Å². The average molecular weight is 182 g/mol. The molecule has 2 rings (SSSR count). The Morgan fingerprint density at radius 3 is 2.46 bits per heavy atom. The molecule has 13 heavy (non-hydrogen) atoms. The van der Waals surface area contributed by atoms with Crippen LogP contribution in [-0.4, -0.2) is 38.1 Å². The lowest BCUT2D eigenvalue weighted by Gasteiger charge is -2.52. The molecular weight excluding hydrogens is 160 g/mol. The third kappa shape index (κ3) is 2.05. The van der Waals surface area contributed by atoms with Crippen molar-refractivity contribution in [2.24, 2.45) is 5.41 Å². The van der Waals surface area contributed by atoms with Crippen molar-refractivity contribution in [2.75, 3.05) is 33.2 Å². The topological polar surface area (TPSA) is 15.3 Å². The SMILES string of the molecule is CNCCN1CC2(CCCCC2)C1. The number of nitrogens with one attached hydrogen (secondary N) is 1. The zero-order valence-electron chi connectivity index (χ0n) is 8.81. The Morgan fingerprint density at radius 1 is 1.15 bits per heavy atom. The van der Waals surface area contributed by atoms with E-state index in [1.807, 2.05) is 7.05 Å². The molecule has 2 aliphatic rings. The Labute approximate surface area is 81.7 Å². The highest BCUT2D eigenvalue weighted by Crippen LogP contribution is 2.43.